The second-order valence-corrected chi connectivity index (χ2v) is 6.73. The van der Waals surface area contributed by atoms with Crippen LogP contribution in [0.25, 0.3) is 11.5 Å². The first-order valence-corrected chi connectivity index (χ1v) is 8.36. The number of hydrogen-bond acceptors (Lipinski definition) is 6. The molecule has 3 aromatic rings. The second kappa shape index (κ2) is 6.15. The molecule has 1 fully saturated rings. The molecule has 1 aliphatic rings. The molecular formula is C16H20N8O. The Bertz CT molecular complexity index is 902. The number of nitrogens with zero attached hydrogens (tertiary/aromatic N) is 7. The summed E-state index contributed by atoms with van der Waals surface area (Å²) in [6.07, 6.45) is 7.46. The Kier molecular flexibility index (Phi) is 3.83. The summed E-state index contributed by atoms with van der Waals surface area (Å²) in [7, 11) is 0. The number of aromatic amines is 1. The van der Waals surface area contributed by atoms with E-state index in [1.807, 2.05) is 6.07 Å². The van der Waals surface area contributed by atoms with Gasteiger partial charge in [-0.25, -0.2) is 14.6 Å². The van der Waals surface area contributed by atoms with Gasteiger partial charge in [-0.05, 0) is 18.3 Å². The maximum absolute atomic E-state index is 12.6. The molecule has 0 amide bonds. The van der Waals surface area contributed by atoms with E-state index in [-0.39, 0.29) is 5.56 Å². The molecule has 1 N–H and O–H groups in total. The smallest absolute Gasteiger partial charge is 0.298 e. The molecule has 0 aliphatic carbocycles. The van der Waals surface area contributed by atoms with Crippen LogP contribution in [-0.4, -0.2) is 47.8 Å². The molecule has 9 nitrogen and oxygen atoms in total. The van der Waals surface area contributed by atoms with Crippen molar-refractivity contribution in [3.8, 4) is 11.5 Å². The fourth-order valence-electron chi connectivity index (χ4n) is 3.51. The average Bonchev–Trinajstić information content (AvgIpc) is 3.23. The highest BCUT2D eigenvalue weighted by molar-refractivity contribution is 5.44. The van der Waals surface area contributed by atoms with E-state index in [1.165, 1.54) is 28.3 Å². The summed E-state index contributed by atoms with van der Waals surface area (Å²) >= 11 is 0. The highest BCUT2D eigenvalue weighted by Gasteiger charge is 2.23. The summed E-state index contributed by atoms with van der Waals surface area (Å²) < 4.78 is 2.81. The van der Waals surface area contributed by atoms with Crippen molar-refractivity contribution in [2.45, 2.75) is 20.3 Å². The Morgan fingerprint density at radius 3 is 2.64 bits per heavy atom. The number of hydrogen-bond donors (Lipinski definition) is 1. The van der Waals surface area contributed by atoms with Gasteiger partial charge in [-0.2, -0.15) is 4.68 Å². The first-order valence-electron chi connectivity index (χ1n) is 8.36. The third-order valence-corrected chi connectivity index (χ3v) is 4.48. The highest BCUT2D eigenvalue weighted by atomic mass is 16.1. The minimum absolute atomic E-state index is 0.240. The van der Waals surface area contributed by atoms with Crippen LogP contribution in [0, 0.1) is 11.8 Å². The Morgan fingerprint density at radius 1 is 1.16 bits per heavy atom. The molecule has 0 aromatic carbocycles. The lowest BCUT2D eigenvalue weighted by Gasteiger charge is -2.35. The van der Waals surface area contributed by atoms with Gasteiger partial charge in [0, 0.05) is 19.2 Å². The number of rotatable bonds is 3. The average molecular weight is 340 g/mol. The predicted octanol–water partition coefficient (Wildman–Crippen LogP) is 1.02. The first-order chi connectivity index (χ1) is 12.1. The fourth-order valence-corrected chi connectivity index (χ4v) is 3.51. The summed E-state index contributed by atoms with van der Waals surface area (Å²) in [4.78, 5) is 23.5. The topological polar surface area (TPSA) is 97.5 Å². The van der Waals surface area contributed by atoms with Crippen molar-refractivity contribution in [2.75, 3.05) is 18.0 Å². The summed E-state index contributed by atoms with van der Waals surface area (Å²) in [5.41, 5.74) is 0.147. The number of piperidine rings is 1. The van der Waals surface area contributed by atoms with Crippen molar-refractivity contribution < 1.29 is 0 Å². The summed E-state index contributed by atoms with van der Waals surface area (Å²) in [6.45, 7) is 6.44. The molecule has 2 atom stereocenters. The Balaban J connectivity index is 1.67. The zero-order valence-electron chi connectivity index (χ0n) is 14.2. The molecular weight excluding hydrogens is 320 g/mol. The maximum atomic E-state index is 12.6. The third kappa shape index (κ3) is 2.92. The van der Waals surface area contributed by atoms with Crippen molar-refractivity contribution in [1.29, 1.82) is 0 Å². The molecule has 2 unspecified atom stereocenters. The van der Waals surface area contributed by atoms with Crippen LogP contribution in [0.3, 0.4) is 0 Å². The molecule has 25 heavy (non-hydrogen) atoms. The van der Waals surface area contributed by atoms with E-state index < -0.39 is 0 Å². The van der Waals surface area contributed by atoms with Crippen LogP contribution in [0.2, 0.25) is 0 Å². The van der Waals surface area contributed by atoms with Crippen molar-refractivity contribution in [3.63, 3.8) is 0 Å². The Labute approximate surface area is 144 Å². The van der Waals surface area contributed by atoms with Gasteiger partial charge in [-0.15, -0.1) is 5.10 Å². The molecule has 3 aromatic heterocycles. The quantitative estimate of drug-likeness (QED) is 0.764. The minimum Gasteiger partial charge on any atom is -0.356 e. The van der Waals surface area contributed by atoms with Crippen LogP contribution in [0.5, 0.6) is 0 Å². The molecule has 1 saturated heterocycles. The summed E-state index contributed by atoms with van der Waals surface area (Å²) in [6, 6.07) is 1.84. The van der Waals surface area contributed by atoms with Gasteiger partial charge in [-0.1, -0.05) is 19.1 Å². The second-order valence-electron chi connectivity index (χ2n) is 6.73. The van der Waals surface area contributed by atoms with Crippen LogP contribution in [0.15, 0.2) is 35.8 Å². The molecule has 0 spiro atoms. The van der Waals surface area contributed by atoms with E-state index in [0.717, 1.165) is 18.9 Å². The lowest BCUT2D eigenvalue weighted by Crippen LogP contribution is -2.39. The largest absolute Gasteiger partial charge is 0.356 e. The number of anilines is 1. The highest BCUT2D eigenvalue weighted by Crippen LogP contribution is 2.25. The van der Waals surface area contributed by atoms with E-state index in [4.69, 9.17) is 0 Å². The lowest BCUT2D eigenvalue weighted by molar-refractivity contribution is 0.355. The molecule has 4 heterocycles. The lowest BCUT2D eigenvalue weighted by atomic mass is 9.92. The van der Waals surface area contributed by atoms with Gasteiger partial charge < -0.3 is 4.90 Å². The number of aromatic nitrogens is 7. The Hall–Kier alpha value is -2.97. The van der Waals surface area contributed by atoms with Crippen LogP contribution in [-0.2, 0) is 0 Å². The molecule has 130 valence electrons. The predicted molar refractivity (Wildman–Crippen MR) is 92.1 cm³/mol. The Morgan fingerprint density at radius 2 is 1.92 bits per heavy atom. The minimum atomic E-state index is -0.240. The van der Waals surface area contributed by atoms with Crippen molar-refractivity contribution in [3.05, 3.63) is 41.3 Å². The maximum Gasteiger partial charge on any atom is 0.298 e. The third-order valence-electron chi connectivity index (χ3n) is 4.48. The number of nitrogens with one attached hydrogen (secondary N) is 1. The standard InChI is InChI=1S/C16H20N8O/c1-11-5-12(2)9-22(8-11)14-6-15(18-10-17-14)24-16(25)13(7-20-24)23-4-3-19-21-23/h3-4,6-7,10-12,20H,5,8-9H2,1-2H3. The van der Waals surface area contributed by atoms with E-state index >= 15 is 0 Å². The van der Waals surface area contributed by atoms with Gasteiger partial charge in [0.05, 0.1) is 18.6 Å². The summed E-state index contributed by atoms with van der Waals surface area (Å²) in [5.74, 6) is 2.59. The molecule has 0 bridgehead atoms. The van der Waals surface area contributed by atoms with Gasteiger partial charge in [0.2, 0.25) is 0 Å². The number of H-pyrrole nitrogens is 1. The van der Waals surface area contributed by atoms with Crippen LogP contribution in [0.4, 0.5) is 5.82 Å². The van der Waals surface area contributed by atoms with E-state index in [9.17, 15) is 4.79 Å². The van der Waals surface area contributed by atoms with Crippen LogP contribution < -0.4 is 10.5 Å². The van der Waals surface area contributed by atoms with Gasteiger partial charge in [-0.3, -0.25) is 9.89 Å². The zero-order chi connectivity index (χ0) is 17.4. The van der Waals surface area contributed by atoms with Gasteiger partial charge in [0.15, 0.2) is 11.5 Å². The van der Waals surface area contributed by atoms with Crippen molar-refractivity contribution in [2.24, 2.45) is 11.8 Å². The zero-order valence-corrected chi connectivity index (χ0v) is 14.2. The van der Waals surface area contributed by atoms with E-state index in [2.05, 4.69) is 44.1 Å². The van der Waals surface area contributed by atoms with Crippen LogP contribution in [0.1, 0.15) is 20.3 Å². The fraction of sp³-hybridized carbons (Fsp3) is 0.438. The molecule has 1 aliphatic heterocycles. The van der Waals surface area contributed by atoms with Gasteiger partial charge in [0.25, 0.3) is 5.56 Å². The van der Waals surface area contributed by atoms with Gasteiger partial charge >= 0.3 is 0 Å². The first kappa shape index (κ1) is 15.6. The monoisotopic (exact) mass is 340 g/mol. The normalized spacial score (nSPS) is 20.8. The summed E-state index contributed by atoms with van der Waals surface area (Å²) in [5, 5.41) is 10.5. The van der Waals surface area contributed by atoms with E-state index in [1.54, 1.807) is 12.4 Å². The van der Waals surface area contributed by atoms with E-state index in [0.29, 0.717) is 23.3 Å². The molecule has 0 saturated carbocycles. The molecule has 9 heteroatoms. The molecule has 4 rings (SSSR count). The molecule has 0 radical (unpaired) electrons. The van der Waals surface area contributed by atoms with Gasteiger partial charge in [0.1, 0.15) is 12.1 Å². The van der Waals surface area contributed by atoms with Crippen LogP contribution >= 0.6 is 0 Å². The SMILES string of the molecule is CC1CC(C)CN(c2cc(-n3[nH]cc(-n4ccnn4)c3=O)ncn2)C1. The van der Waals surface area contributed by atoms with Crippen molar-refractivity contribution >= 4 is 5.82 Å². The van der Waals surface area contributed by atoms with Crippen molar-refractivity contribution in [1.82, 2.24) is 34.7 Å².